The van der Waals surface area contributed by atoms with Crippen LogP contribution in [0.25, 0.3) is 11.0 Å². The number of hydrogen-bond donors (Lipinski definition) is 1. The molecule has 2 aromatic rings. The maximum atomic E-state index is 11.8. The number of rotatable bonds is 4. The number of hydrogen-bond acceptors (Lipinski definition) is 5. The van der Waals surface area contributed by atoms with Crippen molar-refractivity contribution in [1.82, 2.24) is 19.9 Å². The first-order valence-corrected chi connectivity index (χ1v) is 7.33. The molecule has 0 bridgehead atoms. The molecule has 7 heteroatoms. The van der Waals surface area contributed by atoms with E-state index in [1.54, 1.807) is 11.1 Å². The van der Waals surface area contributed by atoms with Crippen LogP contribution in [0.15, 0.2) is 18.6 Å². The Balaban J connectivity index is 1.60. The smallest absolute Gasteiger partial charge is 0.236 e. The number of nitrogens with zero attached hydrogens (tertiary/aromatic N) is 4. The Labute approximate surface area is 127 Å². The second kappa shape index (κ2) is 6.43. The molecule has 1 unspecified atom stereocenters. The van der Waals surface area contributed by atoms with Gasteiger partial charge in [-0.2, -0.15) is 5.26 Å². The number of carbonyl (C=O) groups excluding carboxylic acids is 1. The topological polar surface area (TPSA) is 94.9 Å². The third-order valence-corrected chi connectivity index (χ3v) is 3.88. The Morgan fingerprint density at radius 1 is 1.55 bits per heavy atom. The normalized spacial score (nSPS) is 18.1. The first-order chi connectivity index (χ1) is 10.8. The molecule has 1 aliphatic rings. The van der Waals surface area contributed by atoms with Crippen molar-refractivity contribution in [2.45, 2.75) is 19.3 Å². The van der Waals surface area contributed by atoms with Crippen LogP contribution in [-0.2, 0) is 4.79 Å². The fourth-order valence-electron chi connectivity index (χ4n) is 2.77. The standard InChI is InChI=1S/C15H17N5O2/c16-5-3-13(21)20-7-1-2-11(8-20)9-22-15-12-4-6-17-14(12)18-10-19-15/h4,6,10-11H,1-3,7-9H2,(H,17,18,19). The Bertz CT molecular complexity index is 705. The van der Waals surface area contributed by atoms with Crippen molar-refractivity contribution in [2.75, 3.05) is 19.7 Å². The van der Waals surface area contributed by atoms with Gasteiger partial charge in [0, 0.05) is 25.2 Å². The number of likely N-dealkylation sites (tertiary alicyclic amines) is 1. The number of H-pyrrole nitrogens is 1. The van der Waals surface area contributed by atoms with Gasteiger partial charge in [0.05, 0.1) is 18.1 Å². The molecule has 3 rings (SSSR count). The summed E-state index contributed by atoms with van der Waals surface area (Å²) in [6.07, 6.45) is 5.17. The van der Waals surface area contributed by atoms with E-state index in [9.17, 15) is 4.79 Å². The second-order valence-corrected chi connectivity index (χ2v) is 5.41. The first-order valence-electron chi connectivity index (χ1n) is 7.33. The van der Waals surface area contributed by atoms with E-state index in [-0.39, 0.29) is 18.2 Å². The molecule has 3 heterocycles. The monoisotopic (exact) mass is 299 g/mol. The van der Waals surface area contributed by atoms with E-state index in [0.29, 0.717) is 19.0 Å². The Hall–Kier alpha value is -2.62. The van der Waals surface area contributed by atoms with Gasteiger partial charge < -0.3 is 14.6 Å². The number of carbonyl (C=O) groups is 1. The molecule has 1 fully saturated rings. The third-order valence-electron chi connectivity index (χ3n) is 3.88. The Kier molecular flexibility index (Phi) is 4.19. The highest BCUT2D eigenvalue weighted by Crippen LogP contribution is 2.22. The number of piperidine rings is 1. The Morgan fingerprint density at radius 2 is 2.45 bits per heavy atom. The number of nitrogens with one attached hydrogen (secondary N) is 1. The van der Waals surface area contributed by atoms with Crippen LogP contribution in [0.1, 0.15) is 19.3 Å². The van der Waals surface area contributed by atoms with E-state index >= 15 is 0 Å². The van der Waals surface area contributed by atoms with Crippen molar-refractivity contribution in [2.24, 2.45) is 5.92 Å². The molecule has 1 atom stereocenters. The van der Waals surface area contributed by atoms with Crippen molar-refractivity contribution >= 4 is 16.9 Å². The molecular formula is C15H17N5O2. The fourth-order valence-corrected chi connectivity index (χ4v) is 2.77. The summed E-state index contributed by atoms with van der Waals surface area (Å²) < 4.78 is 5.83. The van der Waals surface area contributed by atoms with Crippen molar-refractivity contribution in [3.8, 4) is 11.9 Å². The summed E-state index contributed by atoms with van der Waals surface area (Å²) in [6, 6.07) is 3.79. The van der Waals surface area contributed by atoms with E-state index in [1.165, 1.54) is 6.33 Å². The second-order valence-electron chi connectivity index (χ2n) is 5.41. The van der Waals surface area contributed by atoms with Gasteiger partial charge >= 0.3 is 0 Å². The number of ether oxygens (including phenoxy) is 1. The maximum absolute atomic E-state index is 11.8. The van der Waals surface area contributed by atoms with E-state index in [0.717, 1.165) is 30.4 Å². The van der Waals surface area contributed by atoms with Crippen LogP contribution < -0.4 is 4.74 Å². The first kappa shape index (κ1) is 14.3. The highest BCUT2D eigenvalue weighted by atomic mass is 16.5. The fraction of sp³-hybridized carbons (Fsp3) is 0.467. The lowest BCUT2D eigenvalue weighted by molar-refractivity contribution is -0.132. The van der Waals surface area contributed by atoms with Crippen LogP contribution in [0.4, 0.5) is 0 Å². The van der Waals surface area contributed by atoms with Crippen LogP contribution in [0.3, 0.4) is 0 Å². The summed E-state index contributed by atoms with van der Waals surface area (Å²) in [5.41, 5.74) is 0.750. The summed E-state index contributed by atoms with van der Waals surface area (Å²) in [5, 5.41) is 9.48. The van der Waals surface area contributed by atoms with Crippen molar-refractivity contribution < 1.29 is 9.53 Å². The zero-order chi connectivity index (χ0) is 15.4. The summed E-state index contributed by atoms with van der Waals surface area (Å²) in [6.45, 7) is 1.88. The van der Waals surface area contributed by atoms with Crippen molar-refractivity contribution in [3.63, 3.8) is 0 Å². The van der Waals surface area contributed by atoms with Gasteiger partial charge in [0.1, 0.15) is 18.4 Å². The molecule has 1 saturated heterocycles. The van der Waals surface area contributed by atoms with Crippen LogP contribution in [0.2, 0.25) is 0 Å². The van der Waals surface area contributed by atoms with E-state index in [1.807, 2.05) is 12.1 Å². The van der Waals surface area contributed by atoms with Gasteiger partial charge in [-0.1, -0.05) is 0 Å². The molecule has 22 heavy (non-hydrogen) atoms. The molecule has 0 aliphatic carbocycles. The number of aromatic nitrogens is 3. The molecular weight excluding hydrogens is 282 g/mol. The predicted molar refractivity (Wildman–Crippen MR) is 78.9 cm³/mol. The maximum Gasteiger partial charge on any atom is 0.236 e. The molecule has 7 nitrogen and oxygen atoms in total. The van der Waals surface area contributed by atoms with E-state index < -0.39 is 0 Å². The quantitative estimate of drug-likeness (QED) is 0.922. The summed E-state index contributed by atoms with van der Waals surface area (Å²) in [4.78, 5) is 24.9. The van der Waals surface area contributed by atoms with Gasteiger partial charge in [-0.05, 0) is 18.9 Å². The zero-order valence-corrected chi connectivity index (χ0v) is 12.2. The lowest BCUT2D eigenvalue weighted by Gasteiger charge is -2.32. The zero-order valence-electron chi connectivity index (χ0n) is 12.2. The van der Waals surface area contributed by atoms with Crippen LogP contribution >= 0.6 is 0 Å². The highest BCUT2D eigenvalue weighted by molar-refractivity contribution is 5.80. The third kappa shape index (κ3) is 3.01. The Morgan fingerprint density at radius 3 is 3.32 bits per heavy atom. The van der Waals surface area contributed by atoms with Crippen LogP contribution in [0.5, 0.6) is 5.88 Å². The lowest BCUT2D eigenvalue weighted by atomic mass is 9.99. The molecule has 1 N–H and O–H groups in total. The van der Waals surface area contributed by atoms with Crippen LogP contribution in [0, 0.1) is 17.2 Å². The predicted octanol–water partition coefficient (Wildman–Crippen LogP) is 1.49. The average Bonchev–Trinajstić information content (AvgIpc) is 3.02. The molecule has 1 amide bonds. The molecule has 0 radical (unpaired) electrons. The highest BCUT2D eigenvalue weighted by Gasteiger charge is 2.24. The summed E-state index contributed by atoms with van der Waals surface area (Å²) >= 11 is 0. The van der Waals surface area contributed by atoms with Crippen molar-refractivity contribution in [1.29, 1.82) is 5.26 Å². The summed E-state index contributed by atoms with van der Waals surface area (Å²) in [5.74, 6) is 0.731. The molecule has 0 aromatic carbocycles. The van der Waals surface area contributed by atoms with Crippen LogP contribution in [-0.4, -0.2) is 45.5 Å². The minimum atomic E-state index is -0.0951. The number of fused-ring (bicyclic) bond motifs is 1. The van der Waals surface area contributed by atoms with Gasteiger partial charge in [-0.3, -0.25) is 4.79 Å². The number of nitriles is 1. The molecule has 2 aromatic heterocycles. The van der Waals surface area contributed by atoms with Gasteiger partial charge in [-0.15, -0.1) is 0 Å². The minimum Gasteiger partial charge on any atom is -0.477 e. The van der Waals surface area contributed by atoms with Gasteiger partial charge in [-0.25, -0.2) is 9.97 Å². The average molecular weight is 299 g/mol. The largest absolute Gasteiger partial charge is 0.477 e. The summed E-state index contributed by atoms with van der Waals surface area (Å²) in [7, 11) is 0. The molecule has 0 spiro atoms. The lowest BCUT2D eigenvalue weighted by Crippen LogP contribution is -2.41. The van der Waals surface area contributed by atoms with Gasteiger partial charge in [0.15, 0.2) is 0 Å². The molecule has 114 valence electrons. The SMILES string of the molecule is N#CCC(=O)N1CCCC(COc2ncnc3[nH]ccc23)C1. The number of aromatic amines is 1. The van der Waals surface area contributed by atoms with Gasteiger partial charge in [0.25, 0.3) is 0 Å². The van der Waals surface area contributed by atoms with Gasteiger partial charge in [0.2, 0.25) is 11.8 Å². The van der Waals surface area contributed by atoms with Crippen molar-refractivity contribution in [3.05, 3.63) is 18.6 Å². The van der Waals surface area contributed by atoms with E-state index in [4.69, 9.17) is 10.00 Å². The molecule has 1 aliphatic heterocycles. The number of amides is 1. The van der Waals surface area contributed by atoms with E-state index in [2.05, 4.69) is 15.0 Å². The minimum absolute atomic E-state index is 0.0521. The molecule has 0 saturated carbocycles.